The van der Waals surface area contributed by atoms with Gasteiger partial charge in [0.05, 0.1) is 12.7 Å². The second kappa shape index (κ2) is 7.28. The van der Waals surface area contributed by atoms with E-state index in [1.807, 2.05) is 13.8 Å². The smallest absolute Gasteiger partial charge is 0.222 e. The highest BCUT2D eigenvalue weighted by Crippen LogP contribution is 2.70. The van der Waals surface area contributed by atoms with E-state index in [-0.39, 0.29) is 28.9 Å². The number of fused-ring (bicyclic) bond motifs is 1. The molecule has 4 rings (SSSR count). The van der Waals surface area contributed by atoms with Crippen LogP contribution in [0, 0.1) is 36.5 Å². The van der Waals surface area contributed by atoms with Gasteiger partial charge in [-0.1, -0.05) is 13.8 Å². The number of phenols is 1. The first-order valence-corrected chi connectivity index (χ1v) is 10.9. The van der Waals surface area contributed by atoms with Crippen molar-refractivity contribution in [3.63, 3.8) is 0 Å². The number of hydrogen-bond acceptors (Lipinski definition) is 4. The number of ether oxygens (including phenoxy) is 2. The molecule has 160 valence electrons. The van der Waals surface area contributed by atoms with Crippen molar-refractivity contribution in [2.24, 2.45) is 22.7 Å². The van der Waals surface area contributed by atoms with Crippen LogP contribution in [0.2, 0.25) is 0 Å². The van der Waals surface area contributed by atoms with Crippen molar-refractivity contribution in [1.82, 2.24) is 5.32 Å². The maximum Gasteiger partial charge on any atom is 0.222 e. The predicted molar refractivity (Wildman–Crippen MR) is 112 cm³/mol. The first-order chi connectivity index (χ1) is 13.7. The van der Waals surface area contributed by atoms with Gasteiger partial charge in [0, 0.05) is 26.2 Å². The molecule has 1 unspecified atom stereocenters. The third kappa shape index (κ3) is 3.17. The molecule has 1 heterocycles. The molecule has 2 bridgehead atoms. The summed E-state index contributed by atoms with van der Waals surface area (Å²) < 4.78 is 11.4. The molecule has 1 aromatic rings. The summed E-state index contributed by atoms with van der Waals surface area (Å²) >= 11 is 0. The lowest BCUT2D eigenvalue weighted by molar-refractivity contribution is -0.137. The van der Waals surface area contributed by atoms with E-state index in [9.17, 15) is 9.90 Å². The van der Waals surface area contributed by atoms with Crippen molar-refractivity contribution in [1.29, 1.82) is 0 Å². The van der Waals surface area contributed by atoms with Crippen LogP contribution < -0.4 is 5.32 Å². The Kier molecular flexibility index (Phi) is 5.19. The van der Waals surface area contributed by atoms with E-state index >= 15 is 0 Å². The van der Waals surface area contributed by atoms with Gasteiger partial charge in [0.2, 0.25) is 5.91 Å². The lowest BCUT2D eigenvalue weighted by atomic mass is 9.58. The molecule has 1 saturated heterocycles. The molecular formula is C24H35NO4. The summed E-state index contributed by atoms with van der Waals surface area (Å²) in [5.74, 6) is 1.44. The van der Waals surface area contributed by atoms with Crippen LogP contribution in [0.25, 0.3) is 0 Å². The zero-order valence-electron chi connectivity index (χ0n) is 18.4. The summed E-state index contributed by atoms with van der Waals surface area (Å²) in [5.41, 5.74) is 3.13. The fourth-order valence-corrected chi connectivity index (χ4v) is 6.70. The molecule has 1 aromatic carbocycles. The number of aromatic hydroxyl groups is 1. The van der Waals surface area contributed by atoms with Crippen LogP contribution in [0.1, 0.15) is 62.3 Å². The van der Waals surface area contributed by atoms with Crippen molar-refractivity contribution >= 4 is 5.91 Å². The summed E-state index contributed by atoms with van der Waals surface area (Å²) in [6.07, 6.45) is 3.74. The lowest BCUT2D eigenvalue weighted by Gasteiger charge is -2.53. The Morgan fingerprint density at radius 1 is 1.31 bits per heavy atom. The molecule has 2 aliphatic carbocycles. The highest BCUT2D eigenvalue weighted by atomic mass is 16.5. The molecule has 0 radical (unpaired) electrons. The molecule has 5 nitrogen and oxygen atoms in total. The Morgan fingerprint density at radius 3 is 2.66 bits per heavy atom. The van der Waals surface area contributed by atoms with E-state index < -0.39 is 0 Å². The standard InChI is InChI=1S/C24H35NO4/c1-14-10-16(11-15(2)20(14)27)21-18-12-17-13-24(18,7-9-29-21)22(23(17,3)4)25-19(26)6-8-28-5/h10-11,17-18,21-22,27H,6-9,12-13H2,1-5H3,(H,25,26)/t17-,18-,21-,22-,24?/m1/s1. The Bertz CT molecular complexity index is 781. The molecule has 2 N–H and O–H groups in total. The fourth-order valence-electron chi connectivity index (χ4n) is 6.70. The Balaban J connectivity index is 1.65. The number of aryl methyl sites for hydroxylation is 2. The zero-order chi connectivity index (χ0) is 21.0. The molecule has 1 aliphatic heterocycles. The minimum absolute atomic E-state index is 0.0289. The number of benzene rings is 1. The van der Waals surface area contributed by atoms with Gasteiger partial charge in [0.15, 0.2) is 0 Å². The van der Waals surface area contributed by atoms with Crippen LogP contribution in [0.15, 0.2) is 12.1 Å². The van der Waals surface area contributed by atoms with Gasteiger partial charge in [0.1, 0.15) is 5.75 Å². The van der Waals surface area contributed by atoms with Crippen LogP contribution in [0.4, 0.5) is 0 Å². The second-order valence-corrected chi connectivity index (χ2v) is 10.1. The SMILES string of the molecule is COCCC(=O)N[C@@H]1C(C)(C)[C@@H]2C[C@@H]3[C@@H](c4cc(C)c(O)c(C)c4)OCCC31C2. The quantitative estimate of drug-likeness (QED) is 0.781. The summed E-state index contributed by atoms with van der Waals surface area (Å²) in [7, 11) is 1.63. The minimum Gasteiger partial charge on any atom is -0.507 e. The molecule has 5 atom stereocenters. The molecule has 1 spiro atoms. The number of amides is 1. The Hall–Kier alpha value is -1.59. The molecule has 0 aromatic heterocycles. The third-order valence-corrected chi connectivity index (χ3v) is 8.19. The summed E-state index contributed by atoms with van der Waals surface area (Å²) in [4.78, 5) is 12.6. The molecule has 3 aliphatic rings. The molecule has 3 fully saturated rings. The molecular weight excluding hydrogens is 366 g/mol. The Morgan fingerprint density at radius 2 is 2.00 bits per heavy atom. The first-order valence-electron chi connectivity index (χ1n) is 10.9. The Labute approximate surface area is 174 Å². The second-order valence-electron chi connectivity index (χ2n) is 10.1. The maximum atomic E-state index is 12.6. The molecule has 1 amide bonds. The fraction of sp³-hybridized carbons (Fsp3) is 0.708. The summed E-state index contributed by atoms with van der Waals surface area (Å²) in [6, 6.07) is 4.32. The van der Waals surface area contributed by atoms with Crippen LogP contribution in [0.3, 0.4) is 0 Å². The van der Waals surface area contributed by atoms with Gasteiger partial charge in [-0.3, -0.25) is 4.79 Å². The van der Waals surface area contributed by atoms with E-state index in [0.717, 1.165) is 36.0 Å². The van der Waals surface area contributed by atoms with Crippen molar-refractivity contribution in [2.45, 2.75) is 65.5 Å². The van der Waals surface area contributed by atoms with Crippen LogP contribution in [-0.4, -0.2) is 37.4 Å². The number of rotatable bonds is 5. The number of methoxy groups -OCH3 is 1. The summed E-state index contributed by atoms with van der Waals surface area (Å²) in [5, 5.41) is 13.6. The van der Waals surface area contributed by atoms with Gasteiger partial charge in [-0.25, -0.2) is 0 Å². The average molecular weight is 402 g/mol. The highest BCUT2D eigenvalue weighted by molar-refractivity contribution is 5.76. The monoisotopic (exact) mass is 401 g/mol. The summed E-state index contributed by atoms with van der Waals surface area (Å²) in [6.45, 7) is 9.72. The minimum atomic E-state index is 0.0289. The van der Waals surface area contributed by atoms with Crippen molar-refractivity contribution in [3.8, 4) is 5.75 Å². The normalized spacial score (nSPS) is 34.8. The van der Waals surface area contributed by atoms with E-state index in [1.54, 1.807) is 7.11 Å². The zero-order valence-corrected chi connectivity index (χ0v) is 18.4. The number of carbonyl (C=O) groups is 1. The number of carbonyl (C=O) groups excluding carboxylic acids is 1. The maximum absolute atomic E-state index is 12.6. The molecule has 2 saturated carbocycles. The third-order valence-electron chi connectivity index (χ3n) is 8.19. The average Bonchev–Trinajstić information content (AvgIpc) is 3.16. The van der Waals surface area contributed by atoms with Gasteiger partial charge in [-0.15, -0.1) is 0 Å². The van der Waals surface area contributed by atoms with Gasteiger partial charge in [-0.05, 0) is 84.6 Å². The van der Waals surface area contributed by atoms with Crippen LogP contribution >= 0.6 is 0 Å². The van der Waals surface area contributed by atoms with E-state index in [0.29, 0.717) is 37.2 Å². The van der Waals surface area contributed by atoms with Gasteiger partial charge < -0.3 is 19.9 Å². The van der Waals surface area contributed by atoms with Crippen LogP contribution in [-0.2, 0) is 14.3 Å². The van der Waals surface area contributed by atoms with Gasteiger partial charge in [0.25, 0.3) is 0 Å². The van der Waals surface area contributed by atoms with E-state index in [4.69, 9.17) is 9.47 Å². The molecule has 5 heteroatoms. The van der Waals surface area contributed by atoms with Crippen molar-refractivity contribution in [3.05, 3.63) is 28.8 Å². The van der Waals surface area contributed by atoms with E-state index in [1.165, 1.54) is 0 Å². The topological polar surface area (TPSA) is 67.8 Å². The predicted octanol–water partition coefficient (Wildman–Crippen LogP) is 4.04. The van der Waals surface area contributed by atoms with Crippen molar-refractivity contribution < 1.29 is 19.4 Å². The van der Waals surface area contributed by atoms with Gasteiger partial charge in [-0.2, -0.15) is 0 Å². The number of hydrogen-bond donors (Lipinski definition) is 2. The number of phenolic OH excluding ortho intramolecular Hbond substituents is 1. The lowest BCUT2D eigenvalue weighted by Crippen LogP contribution is -2.59. The van der Waals surface area contributed by atoms with E-state index in [2.05, 4.69) is 31.3 Å². The van der Waals surface area contributed by atoms with Crippen LogP contribution in [0.5, 0.6) is 5.75 Å². The number of nitrogens with one attached hydrogen (secondary N) is 1. The first kappa shape index (κ1) is 20.7. The largest absolute Gasteiger partial charge is 0.507 e. The van der Waals surface area contributed by atoms with Gasteiger partial charge >= 0.3 is 0 Å². The van der Waals surface area contributed by atoms with Crippen molar-refractivity contribution in [2.75, 3.05) is 20.3 Å². The highest BCUT2D eigenvalue weighted by Gasteiger charge is 2.68. The molecule has 29 heavy (non-hydrogen) atoms.